The van der Waals surface area contributed by atoms with E-state index in [2.05, 4.69) is 15.3 Å². The SMILES string of the molecule is CC(C)C(N)CNc1ncc[nH]c1=O. The maximum atomic E-state index is 11.2. The number of anilines is 1. The van der Waals surface area contributed by atoms with E-state index < -0.39 is 0 Å². The lowest BCUT2D eigenvalue weighted by molar-refractivity contribution is 0.511. The van der Waals surface area contributed by atoms with E-state index in [4.69, 9.17) is 5.73 Å². The molecule has 4 N–H and O–H groups in total. The predicted molar refractivity (Wildman–Crippen MR) is 56.2 cm³/mol. The molecule has 1 aromatic heterocycles. The molecule has 5 heteroatoms. The summed E-state index contributed by atoms with van der Waals surface area (Å²) in [6, 6.07) is 0.0245. The molecule has 0 spiro atoms. The lowest BCUT2D eigenvalue weighted by atomic mass is 10.1. The molecule has 0 aliphatic carbocycles. The smallest absolute Gasteiger partial charge is 0.290 e. The summed E-state index contributed by atoms with van der Waals surface area (Å²) in [4.78, 5) is 17.6. The highest BCUT2D eigenvalue weighted by Crippen LogP contribution is 1.98. The first-order chi connectivity index (χ1) is 6.61. The summed E-state index contributed by atoms with van der Waals surface area (Å²) in [5, 5.41) is 2.91. The molecule has 78 valence electrons. The molecule has 1 unspecified atom stereocenters. The summed E-state index contributed by atoms with van der Waals surface area (Å²) >= 11 is 0. The summed E-state index contributed by atoms with van der Waals surface area (Å²) in [6.07, 6.45) is 3.03. The highest BCUT2D eigenvalue weighted by Gasteiger charge is 2.08. The van der Waals surface area contributed by atoms with Crippen LogP contribution in [-0.4, -0.2) is 22.6 Å². The first-order valence-corrected chi connectivity index (χ1v) is 4.64. The third-order valence-corrected chi connectivity index (χ3v) is 2.07. The number of hydrogen-bond donors (Lipinski definition) is 3. The number of aromatic nitrogens is 2. The van der Waals surface area contributed by atoms with Gasteiger partial charge in [0, 0.05) is 25.0 Å². The van der Waals surface area contributed by atoms with Crippen LogP contribution in [0.1, 0.15) is 13.8 Å². The van der Waals surface area contributed by atoms with Crippen molar-refractivity contribution in [3.05, 3.63) is 22.7 Å². The van der Waals surface area contributed by atoms with Gasteiger partial charge in [0.05, 0.1) is 0 Å². The number of aromatic amines is 1. The van der Waals surface area contributed by atoms with Crippen molar-refractivity contribution in [2.75, 3.05) is 11.9 Å². The Bertz CT molecular complexity index is 334. The molecule has 0 amide bonds. The van der Waals surface area contributed by atoms with Gasteiger partial charge in [0.25, 0.3) is 5.56 Å². The molecule has 0 saturated heterocycles. The summed E-state index contributed by atoms with van der Waals surface area (Å²) in [7, 11) is 0. The second-order valence-electron chi connectivity index (χ2n) is 3.56. The van der Waals surface area contributed by atoms with Gasteiger partial charge in [0.15, 0.2) is 5.82 Å². The van der Waals surface area contributed by atoms with Gasteiger partial charge in [0.2, 0.25) is 0 Å². The topological polar surface area (TPSA) is 83.8 Å². The van der Waals surface area contributed by atoms with Crippen molar-refractivity contribution in [1.82, 2.24) is 9.97 Å². The van der Waals surface area contributed by atoms with E-state index in [0.29, 0.717) is 18.3 Å². The third kappa shape index (κ3) is 2.85. The first kappa shape index (κ1) is 10.7. The van der Waals surface area contributed by atoms with Gasteiger partial charge in [-0.05, 0) is 5.92 Å². The Kier molecular flexibility index (Phi) is 3.64. The molecular formula is C9H16N4O. The van der Waals surface area contributed by atoms with Crippen molar-refractivity contribution in [2.45, 2.75) is 19.9 Å². The molecule has 0 saturated carbocycles. The van der Waals surface area contributed by atoms with Gasteiger partial charge in [-0.3, -0.25) is 4.79 Å². The van der Waals surface area contributed by atoms with Crippen LogP contribution in [0.5, 0.6) is 0 Å². The van der Waals surface area contributed by atoms with Gasteiger partial charge in [-0.25, -0.2) is 4.98 Å². The minimum atomic E-state index is -0.219. The lowest BCUT2D eigenvalue weighted by Crippen LogP contribution is -2.35. The van der Waals surface area contributed by atoms with Crippen LogP contribution in [-0.2, 0) is 0 Å². The molecule has 1 atom stereocenters. The van der Waals surface area contributed by atoms with E-state index in [-0.39, 0.29) is 11.6 Å². The molecule has 0 radical (unpaired) electrons. The average molecular weight is 196 g/mol. The van der Waals surface area contributed by atoms with E-state index in [1.807, 2.05) is 13.8 Å². The van der Waals surface area contributed by atoms with Crippen molar-refractivity contribution in [1.29, 1.82) is 0 Å². The number of H-pyrrole nitrogens is 1. The molecule has 0 bridgehead atoms. The fraction of sp³-hybridized carbons (Fsp3) is 0.556. The Balaban J connectivity index is 2.54. The van der Waals surface area contributed by atoms with Crippen molar-refractivity contribution >= 4 is 5.82 Å². The Labute approximate surface area is 82.7 Å². The first-order valence-electron chi connectivity index (χ1n) is 4.64. The molecule has 14 heavy (non-hydrogen) atoms. The number of rotatable bonds is 4. The largest absolute Gasteiger partial charge is 0.364 e. The van der Waals surface area contributed by atoms with Gasteiger partial charge in [0.1, 0.15) is 0 Å². The standard InChI is InChI=1S/C9H16N4O/c1-6(2)7(10)5-13-8-9(14)12-4-3-11-8/h3-4,6-7H,5,10H2,1-2H3,(H,11,13)(H,12,14). The summed E-state index contributed by atoms with van der Waals surface area (Å²) < 4.78 is 0. The van der Waals surface area contributed by atoms with Crippen molar-refractivity contribution in [2.24, 2.45) is 11.7 Å². The number of nitrogens with zero attached hydrogens (tertiary/aromatic N) is 1. The van der Waals surface area contributed by atoms with Gasteiger partial charge in [-0.2, -0.15) is 0 Å². The highest BCUT2D eigenvalue weighted by molar-refractivity contribution is 5.30. The van der Waals surface area contributed by atoms with Crippen LogP contribution in [0, 0.1) is 5.92 Å². The van der Waals surface area contributed by atoms with Crippen LogP contribution in [0.15, 0.2) is 17.2 Å². The van der Waals surface area contributed by atoms with E-state index in [9.17, 15) is 4.79 Å². The second-order valence-corrected chi connectivity index (χ2v) is 3.56. The van der Waals surface area contributed by atoms with E-state index in [1.54, 1.807) is 0 Å². The zero-order valence-electron chi connectivity index (χ0n) is 8.45. The van der Waals surface area contributed by atoms with Crippen molar-refractivity contribution < 1.29 is 0 Å². The fourth-order valence-electron chi connectivity index (χ4n) is 0.928. The minimum absolute atomic E-state index is 0.0245. The fourth-order valence-corrected chi connectivity index (χ4v) is 0.928. The normalized spacial score (nSPS) is 12.9. The zero-order chi connectivity index (χ0) is 10.6. The van der Waals surface area contributed by atoms with Crippen LogP contribution in [0.4, 0.5) is 5.82 Å². The lowest BCUT2D eigenvalue weighted by Gasteiger charge is -2.15. The maximum Gasteiger partial charge on any atom is 0.290 e. The summed E-state index contributed by atoms with van der Waals surface area (Å²) in [5.74, 6) is 0.703. The minimum Gasteiger partial charge on any atom is -0.364 e. The Morgan fingerprint density at radius 3 is 2.93 bits per heavy atom. The predicted octanol–water partition coefficient (Wildman–Crippen LogP) is 0.165. The van der Waals surface area contributed by atoms with E-state index in [1.165, 1.54) is 12.4 Å². The molecule has 1 aromatic rings. The monoisotopic (exact) mass is 196 g/mol. The number of hydrogen-bond acceptors (Lipinski definition) is 4. The number of nitrogens with one attached hydrogen (secondary N) is 2. The molecule has 1 heterocycles. The summed E-state index contributed by atoms with van der Waals surface area (Å²) in [5.41, 5.74) is 5.59. The van der Waals surface area contributed by atoms with Gasteiger partial charge in [-0.15, -0.1) is 0 Å². The molecule has 0 aromatic carbocycles. The molecule has 5 nitrogen and oxygen atoms in total. The summed E-state index contributed by atoms with van der Waals surface area (Å²) in [6.45, 7) is 4.63. The van der Waals surface area contributed by atoms with Gasteiger partial charge in [-0.1, -0.05) is 13.8 Å². The Morgan fingerprint density at radius 2 is 2.36 bits per heavy atom. The van der Waals surface area contributed by atoms with Crippen LogP contribution in [0.3, 0.4) is 0 Å². The van der Waals surface area contributed by atoms with E-state index >= 15 is 0 Å². The quantitative estimate of drug-likeness (QED) is 0.640. The maximum absolute atomic E-state index is 11.2. The van der Waals surface area contributed by atoms with E-state index in [0.717, 1.165) is 0 Å². The van der Waals surface area contributed by atoms with Crippen LogP contribution in [0.25, 0.3) is 0 Å². The Hall–Kier alpha value is -1.36. The third-order valence-electron chi connectivity index (χ3n) is 2.07. The van der Waals surface area contributed by atoms with Crippen molar-refractivity contribution in [3.63, 3.8) is 0 Å². The average Bonchev–Trinajstić information content (AvgIpc) is 2.16. The van der Waals surface area contributed by atoms with Crippen LogP contribution >= 0.6 is 0 Å². The van der Waals surface area contributed by atoms with Gasteiger partial charge < -0.3 is 16.0 Å². The number of nitrogens with two attached hydrogens (primary N) is 1. The van der Waals surface area contributed by atoms with Gasteiger partial charge >= 0.3 is 0 Å². The molecular weight excluding hydrogens is 180 g/mol. The molecule has 1 rings (SSSR count). The van der Waals surface area contributed by atoms with Crippen LogP contribution < -0.4 is 16.6 Å². The molecule has 0 fully saturated rings. The van der Waals surface area contributed by atoms with Crippen molar-refractivity contribution in [3.8, 4) is 0 Å². The molecule has 0 aliphatic heterocycles. The molecule has 0 aliphatic rings. The Morgan fingerprint density at radius 1 is 1.64 bits per heavy atom. The second kappa shape index (κ2) is 4.76. The zero-order valence-corrected chi connectivity index (χ0v) is 8.45. The van der Waals surface area contributed by atoms with Crippen LogP contribution in [0.2, 0.25) is 0 Å². The highest BCUT2D eigenvalue weighted by atomic mass is 16.1.